The van der Waals surface area contributed by atoms with Crippen LogP contribution in [-0.4, -0.2) is 24.7 Å². The van der Waals surface area contributed by atoms with Gasteiger partial charge in [-0.1, -0.05) is 36.4 Å². The molecule has 3 nitrogen and oxygen atoms in total. The monoisotopic (exact) mass is 227 g/mol. The van der Waals surface area contributed by atoms with E-state index in [2.05, 4.69) is 27.3 Å². The minimum atomic E-state index is -0.343. The summed E-state index contributed by atoms with van der Waals surface area (Å²) in [6.45, 7) is 0. The molecule has 0 spiro atoms. The van der Waals surface area contributed by atoms with E-state index in [1.54, 1.807) is 0 Å². The van der Waals surface area contributed by atoms with E-state index >= 15 is 0 Å². The lowest BCUT2D eigenvalue weighted by Crippen LogP contribution is -2.40. The summed E-state index contributed by atoms with van der Waals surface area (Å²) in [7, 11) is 4.04. The molecular formula is C14H17N3. The third-order valence-electron chi connectivity index (χ3n) is 2.90. The van der Waals surface area contributed by atoms with Gasteiger partial charge in [-0.25, -0.2) is 0 Å². The van der Waals surface area contributed by atoms with Crippen molar-refractivity contribution < 1.29 is 0 Å². The predicted molar refractivity (Wildman–Crippen MR) is 70.3 cm³/mol. The molecule has 0 saturated carbocycles. The summed E-state index contributed by atoms with van der Waals surface area (Å²) in [5.74, 6) is 0. The second-order valence-corrected chi connectivity index (χ2v) is 4.30. The van der Waals surface area contributed by atoms with Gasteiger partial charge < -0.3 is 0 Å². The smallest absolute Gasteiger partial charge is 0.156 e. The lowest BCUT2D eigenvalue weighted by atomic mass is 10.0. The van der Waals surface area contributed by atoms with Crippen molar-refractivity contribution in [3.63, 3.8) is 0 Å². The summed E-state index contributed by atoms with van der Waals surface area (Å²) in [6.07, 6.45) is 9.11. The Morgan fingerprint density at radius 1 is 1.12 bits per heavy atom. The van der Waals surface area contributed by atoms with Crippen LogP contribution in [0.15, 0.2) is 64.9 Å². The van der Waals surface area contributed by atoms with Crippen molar-refractivity contribution in [2.75, 3.05) is 14.1 Å². The van der Waals surface area contributed by atoms with Crippen LogP contribution in [0.25, 0.3) is 0 Å². The molecule has 2 rings (SSSR count). The number of azo groups is 1. The highest BCUT2D eigenvalue weighted by Gasteiger charge is 2.29. The van der Waals surface area contributed by atoms with Crippen LogP contribution in [0.3, 0.4) is 0 Å². The van der Waals surface area contributed by atoms with Crippen molar-refractivity contribution >= 4 is 5.69 Å². The van der Waals surface area contributed by atoms with Gasteiger partial charge >= 0.3 is 0 Å². The summed E-state index contributed by atoms with van der Waals surface area (Å²) < 4.78 is 0. The average Bonchev–Trinajstić information content (AvgIpc) is 2.38. The standard InChI is InChI=1S/C14H17N3/c1-17(2)14(11-7-4-8-12-14)16-15-13-9-5-3-6-10-13/h3-11H,12H2,1-2H3. The number of likely N-dealkylation sites (N-methyl/N-ethyl adjacent to an activating group) is 1. The summed E-state index contributed by atoms with van der Waals surface area (Å²) in [6, 6.07) is 9.81. The molecule has 0 N–H and O–H groups in total. The highest BCUT2D eigenvalue weighted by Crippen LogP contribution is 2.26. The Bertz CT molecular complexity index is 446. The molecule has 0 aliphatic heterocycles. The molecule has 88 valence electrons. The third-order valence-corrected chi connectivity index (χ3v) is 2.90. The van der Waals surface area contributed by atoms with Crippen LogP contribution in [-0.2, 0) is 0 Å². The van der Waals surface area contributed by atoms with E-state index in [1.165, 1.54) is 0 Å². The zero-order valence-electron chi connectivity index (χ0n) is 10.2. The minimum Gasteiger partial charge on any atom is -0.280 e. The molecule has 0 aromatic heterocycles. The maximum atomic E-state index is 4.50. The van der Waals surface area contributed by atoms with E-state index in [9.17, 15) is 0 Å². The fourth-order valence-corrected chi connectivity index (χ4v) is 1.73. The number of allylic oxidation sites excluding steroid dienone is 2. The Labute approximate surface area is 102 Å². The van der Waals surface area contributed by atoms with Crippen LogP contribution in [0.4, 0.5) is 5.69 Å². The average molecular weight is 227 g/mol. The molecule has 17 heavy (non-hydrogen) atoms. The SMILES string of the molecule is CN(C)C1(N=Nc2ccccc2)C=CC=CC1. The van der Waals surface area contributed by atoms with Crippen LogP contribution in [0, 0.1) is 0 Å². The first-order chi connectivity index (χ1) is 8.23. The summed E-state index contributed by atoms with van der Waals surface area (Å²) in [4.78, 5) is 2.08. The van der Waals surface area contributed by atoms with E-state index in [0.717, 1.165) is 12.1 Å². The van der Waals surface area contributed by atoms with Crippen molar-refractivity contribution in [3.05, 3.63) is 54.6 Å². The first kappa shape index (κ1) is 11.7. The maximum Gasteiger partial charge on any atom is 0.156 e. The molecule has 1 unspecified atom stereocenters. The zero-order valence-corrected chi connectivity index (χ0v) is 10.2. The third kappa shape index (κ3) is 2.68. The lowest BCUT2D eigenvalue weighted by Gasteiger charge is -2.32. The van der Waals surface area contributed by atoms with Crippen molar-refractivity contribution in [2.45, 2.75) is 12.1 Å². The minimum absolute atomic E-state index is 0.343. The highest BCUT2D eigenvalue weighted by molar-refractivity contribution is 5.35. The van der Waals surface area contributed by atoms with E-state index in [4.69, 9.17) is 0 Å². The molecule has 1 aliphatic rings. The molecule has 0 heterocycles. The van der Waals surface area contributed by atoms with Crippen molar-refractivity contribution in [2.24, 2.45) is 10.2 Å². The quantitative estimate of drug-likeness (QED) is 0.726. The summed E-state index contributed by atoms with van der Waals surface area (Å²) >= 11 is 0. The molecule has 0 bridgehead atoms. The van der Waals surface area contributed by atoms with Gasteiger partial charge in [0.2, 0.25) is 0 Å². The van der Waals surface area contributed by atoms with E-state index in [1.807, 2.05) is 56.6 Å². The maximum absolute atomic E-state index is 4.50. The second kappa shape index (κ2) is 5.06. The first-order valence-electron chi connectivity index (χ1n) is 5.73. The summed E-state index contributed by atoms with van der Waals surface area (Å²) in [5, 5.41) is 8.82. The molecule has 1 aromatic carbocycles. The first-order valence-corrected chi connectivity index (χ1v) is 5.73. The number of hydrogen-bond acceptors (Lipinski definition) is 3. The van der Waals surface area contributed by atoms with Gasteiger partial charge in [0.25, 0.3) is 0 Å². The Hall–Kier alpha value is -1.74. The van der Waals surface area contributed by atoms with E-state index < -0.39 is 0 Å². The number of hydrogen-bond donors (Lipinski definition) is 0. The van der Waals surface area contributed by atoms with Gasteiger partial charge in [0.15, 0.2) is 5.66 Å². The molecule has 0 saturated heterocycles. The van der Waals surface area contributed by atoms with Crippen LogP contribution in [0.1, 0.15) is 6.42 Å². The van der Waals surface area contributed by atoms with Gasteiger partial charge in [0.1, 0.15) is 0 Å². The topological polar surface area (TPSA) is 28.0 Å². The molecule has 1 aliphatic carbocycles. The van der Waals surface area contributed by atoms with Gasteiger partial charge in [0.05, 0.1) is 5.69 Å². The van der Waals surface area contributed by atoms with Crippen LogP contribution < -0.4 is 0 Å². The van der Waals surface area contributed by atoms with E-state index in [0.29, 0.717) is 0 Å². The second-order valence-electron chi connectivity index (χ2n) is 4.30. The van der Waals surface area contributed by atoms with Crippen molar-refractivity contribution in [1.29, 1.82) is 0 Å². The number of rotatable bonds is 3. The predicted octanol–water partition coefficient (Wildman–Crippen LogP) is 3.54. The molecule has 1 aromatic rings. The van der Waals surface area contributed by atoms with Gasteiger partial charge in [-0.05, 0) is 32.3 Å². The van der Waals surface area contributed by atoms with Crippen molar-refractivity contribution in [1.82, 2.24) is 4.90 Å². The van der Waals surface area contributed by atoms with Crippen LogP contribution in [0.5, 0.6) is 0 Å². The molecule has 0 radical (unpaired) electrons. The number of benzene rings is 1. The molecule has 3 heteroatoms. The lowest BCUT2D eigenvalue weighted by molar-refractivity contribution is 0.209. The van der Waals surface area contributed by atoms with Gasteiger partial charge in [0, 0.05) is 6.42 Å². The fraction of sp³-hybridized carbons (Fsp3) is 0.286. The van der Waals surface area contributed by atoms with Crippen LogP contribution >= 0.6 is 0 Å². The summed E-state index contributed by atoms with van der Waals surface area (Å²) in [5.41, 5.74) is 0.543. The zero-order chi connectivity index (χ0) is 12.1. The Balaban J connectivity index is 2.22. The fourth-order valence-electron chi connectivity index (χ4n) is 1.73. The van der Waals surface area contributed by atoms with E-state index in [-0.39, 0.29) is 5.66 Å². The molecule has 0 fully saturated rings. The van der Waals surface area contributed by atoms with Crippen LogP contribution in [0.2, 0.25) is 0 Å². The Kier molecular flexibility index (Phi) is 3.49. The highest BCUT2D eigenvalue weighted by atomic mass is 15.3. The molecular weight excluding hydrogens is 210 g/mol. The largest absolute Gasteiger partial charge is 0.280 e. The molecule has 0 amide bonds. The normalized spacial score (nSPS) is 23.7. The van der Waals surface area contributed by atoms with Crippen molar-refractivity contribution in [3.8, 4) is 0 Å². The Morgan fingerprint density at radius 3 is 2.47 bits per heavy atom. The van der Waals surface area contributed by atoms with Gasteiger partial charge in [-0.3, -0.25) is 4.90 Å². The van der Waals surface area contributed by atoms with Gasteiger partial charge in [-0.2, -0.15) is 10.2 Å². The number of nitrogens with zero attached hydrogens (tertiary/aromatic N) is 3. The Morgan fingerprint density at radius 2 is 1.88 bits per heavy atom. The van der Waals surface area contributed by atoms with Gasteiger partial charge in [-0.15, -0.1) is 0 Å². The molecule has 1 atom stereocenters.